The summed E-state index contributed by atoms with van der Waals surface area (Å²) in [4.78, 5) is 15.2. The fourth-order valence-electron chi connectivity index (χ4n) is 0.858. The van der Waals surface area contributed by atoms with Crippen LogP contribution in [0.1, 0.15) is 24.2 Å². The van der Waals surface area contributed by atoms with Crippen molar-refractivity contribution >= 4 is 17.6 Å². The van der Waals surface area contributed by atoms with Crippen molar-refractivity contribution in [3.05, 3.63) is 29.0 Å². The number of ether oxygens (including phenoxy) is 1. The monoisotopic (exact) mass is 213 g/mol. The minimum atomic E-state index is -0.420. The molecular weight excluding hydrogens is 202 g/mol. The Balaban J connectivity index is 2.65. The van der Waals surface area contributed by atoms with Gasteiger partial charge in [0.1, 0.15) is 5.15 Å². The van der Waals surface area contributed by atoms with Gasteiger partial charge < -0.3 is 4.74 Å². The van der Waals surface area contributed by atoms with Crippen LogP contribution in [0.15, 0.2) is 18.3 Å². The van der Waals surface area contributed by atoms with Crippen molar-refractivity contribution in [2.75, 3.05) is 6.61 Å². The molecule has 0 fully saturated rings. The lowest BCUT2D eigenvalue weighted by atomic mass is 10.2. The minimum Gasteiger partial charge on any atom is -0.462 e. The number of rotatable bonds is 3. The average molecular weight is 214 g/mol. The van der Waals surface area contributed by atoms with Crippen LogP contribution in [0.2, 0.25) is 5.15 Å². The molecule has 14 heavy (non-hydrogen) atoms. The van der Waals surface area contributed by atoms with Crippen LogP contribution >= 0.6 is 11.6 Å². The standard InChI is InChI=1S/C10H12ClNO2/c1-7(2)6-14-10(13)8-4-3-5-12-9(8)11/h3-5,7H,6H2,1-2H3. The van der Waals surface area contributed by atoms with Gasteiger partial charge in [-0.3, -0.25) is 0 Å². The quantitative estimate of drug-likeness (QED) is 0.572. The molecule has 0 unspecified atom stereocenters. The second-order valence-electron chi connectivity index (χ2n) is 3.33. The third-order valence-corrected chi connectivity index (χ3v) is 1.83. The summed E-state index contributed by atoms with van der Waals surface area (Å²) in [5, 5.41) is 0.182. The minimum absolute atomic E-state index is 0.182. The van der Waals surface area contributed by atoms with Crippen LogP contribution in [0.5, 0.6) is 0 Å². The van der Waals surface area contributed by atoms with Crippen LogP contribution in [0, 0.1) is 5.92 Å². The molecule has 1 aromatic rings. The average Bonchev–Trinajstić information content (AvgIpc) is 2.15. The first-order valence-electron chi connectivity index (χ1n) is 4.39. The second kappa shape index (κ2) is 4.96. The van der Waals surface area contributed by atoms with Crippen molar-refractivity contribution in [2.45, 2.75) is 13.8 Å². The Hall–Kier alpha value is -1.09. The molecule has 1 rings (SSSR count). The Bertz CT molecular complexity index is 326. The predicted octanol–water partition coefficient (Wildman–Crippen LogP) is 2.55. The molecule has 0 aliphatic carbocycles. The van der Waals surface area contributed by atoms with E-state index >= 15 is 0 Å². The first kappa shape index (κ1) is 11.0. The summed E-state index contributed by atoms with van der Waals surface area (Å²) in [5.74, 6) is -0.105. The van der Waals surface area contributed by atoms with Gasteiger partial charge in [0.25, 0.3) is 0 Å². The van der Waals surface area contributed by atoms with Gasteiger partial charge in [-0.2, -0.15) is 0 Å². The predicted molar refractivity (Wildman–Crippen MR) is 54.4 cm³/mol. The second-order valence-corrected chi connectivity index (χ2v) is 3.69. The molecule has 0 aliphatic rings. The highest BCUT2D eigenvalue weighted by Crippen LogP contribution is 2.12. The molecule has 0 N–H and O–H groups in total. The van der Waals surface area contributed by atoms with Crippen LogP contribution in [-0.2, 0) is 4.74 Å². The summed E-state index contributed by atoms with van der Waals surface area (Å²) >= 11 is 5.72. The van der Waals surface area contributed by atoms with Crippen molar-refractivity contribution in [1.29, 1.82) is 0 Å². The van der Waals surface area contributed by atoms with Gasteiger partial charge in [0.15, 0.2) is 0 Å². The zero-order chi connectivity index (χ0) is 10.6. The van der Waals surface area contributed by atoms with Gasteiger partial charge in [0.2, 0.25) is 0 Å². The van der Waals surface area contributed by atoms with Gasteiger partial charge in [-0.25, -0.2) is 9.78 Å². The number of halogens is 1. The summed E-state index contributed by atoms with van der Waals surface area (Å²) in [5.41, 5.74) is 0.315. The van der Waals surface area contributed by atoms with E-state index in [0.717, 1.165) is 0 Å². The molecule has 0 aliphatic heterocycles. The summed E-state index contributed by atoms with van der Waals surface area (Å²) in [6.07, 6.45) is 1.53. The topological polar surface area (TPSA) is 39.2 Å². The van der Waals surface area contributed by atoms with Gasteiger partial charge in [-0.05, 0) is 18.1 Å². The SMILES string of the molecule is CC(C)COC(=O)c1cccnc1Cl. The molecule has 0 radical (unpaired) electrons. The molecular formula is C10H12ClNO2. The number of carbonyl (C=O) groups is 1. The van der Waals surface area contributed by atoms with Crippen molar-refractivity contribution < 1.29 is 9.53 Å². The van der Waals surface area contributed by atoms with Crippen LogP contribution in [0.25, 0.3) is 0 Å². The zero-order valence-corrected chi connectivity index (χ0v) is 8.91. The van der Waals surface area contributed by atoms with Gasteiger partial charge in [-0.15, -0.1) is 0 Å². The number of hydrogen-bond donors (Lipinski definition) is 0. The van der Waals surface area contributed by atoms with E-state index in [-0.39, 0.29) is 5.15 Å². The lowest BCUT2D eigenvalue weighted by molar-refractivity contribution is 0.0458. The molecule has 76 valence electrons. The molecule has 0 saturated heterocycles. The number of carbonyl (C=O) groups excluding carboxylic acids is 1. The fraction of sp³-hybridized carbons (Fsp3) is 0.400. The number of hydrogen-bond acceptors (Lipinski definition) is 3. The van der Waals surface area contributed by atoms with Gasteiger partial charge in [-0.1, -0.05) is 25.4 Å². The molecule has 0 amide bonds. The van der Waals surface area contributed by atoms with E-state index in [4.69, 9.17) is 16.3 Å². The maximum absolute atomic E-state index is 11.4. The van der Waals surface area contributed by atoms with Crippen molar-refractivity contribution in [3.63, 3.8) is 0 Å². The molecule has 1 heterocycles. The van der Waals surface area contributed by atoms with Crippen molar-refractivity contribution in [1.82, 2.24) is 4.98 Å². The Labute approximate surface area is 88.1 Å². The Kier molecular flexibility index (Phi) is 3.89. The summed E-state index contributed by atoms with van der Waals surface area (Å²) in [6, 6.07) is 3.25. The van der Waals surface area contributed by atoms with E-state index in [9.17, 15) is 4.79 Å². The maximum atomic E-state index is 11.4. The highest BCUT2D eigenvalue weighted by Gasteiger charge is 2.12. The van der Waals surface area contributed by atoms with Gasteiger partial charge in [0.05, 0.1) is 12.2 Å². The molecule has 0 bridgehead atoms. The molecule has 0 atom stereocenters. The summed E-state index contributed by atoms with van der Waals surface area (Å²) in [6.45, 7) is 4.33. The summed E-state index contributed by atoms with van der Waals surface area (Å²) in [7, 11) is 0. The van der Waals surface area contributed by atoms with E-state index in [0.29, 0.717) is 18.1 Å². The first-order chi connectivity index (χ1) is 6.61. The Morgan fingerprint density at radius 1 is 1.64 bits per heavy atom. The number of nitrogens with zero attached hydrogens (tertiary/aromatic N) is 1. The smallest absolute Gasteiger partial charge is 0.341 e. The van der Waals surface area contributed by atoms with Gasteiger partial charge >= 0.3 is 5.97 Å². The van der Waals surface area contributed by atoms with E-state index in [2.05, 4.69) is 4.98 Å². The molecule has 0 saturated carbocycles. The van der Waals surface area contributed by atoms with Crippen molar-refractivity contribution in [2.24, 2.45) is 5.92 Å². The van der Waals surface area contributed by atoms with Crippen molar-refractivity contribution in [3.8, 4) is 0 Å². The van der Waals surface area contributed by atoms with Crippen LogP contribution in [-0.4, -0.2) is 17.6 Å². The van der Waals surface area contributed by atoms with Crippen LogP contribution in [0.4, 0.5) is 0 Å². The lowest BCUT2D eigenvalue weighted by Crippen LogP contribution is -2.10. The fourth-order valence-corrected chi connectivity index (χ4v) is 1.05. The highest BCUT2D eigenvalue weighted by molar-refractivity contribution is 6.32. The number of aromatic nitrogens is 1. The number of pyridine rings is 1. The molecule has 3 nitrogen and oxygen atoms in total. The Morgan fingerprint density at radius 2 is 2.36 bits per heavy atom. The number of esters is 1. The van der Waals surface area contributed by atoms with Crippen LogP contribution < -0.4 is 0 Å². The highest BCUT2D eigenvalue weighted by atomic mass is 35.5. The third-order valence-electron chi connectivity index (χ3n) is 1.53. The van der Waals surface area contributed by atoms with E-state index in [1.54, 1.807) is 12.1 Å². The van der Waals surface area contributed by atoms with Gasteiger partial charge in [0, 0.05) is 6.20 Å². The van der Waals surface area contributed by atoms with Crippen LogP contribution in [0.3, 0.4) is 0 Å². The summed E-state index contributed by atoms with van der Waals surface area (Å²) < 4.78 is 5.01. The molecule has 1 aromatic heterocycles. The third kappa shape index (κ3) is 3.00. The zero-order valence-electron chi connectivity index (χ0n) is 8.16. The van der Waals surface area contributed by atoms with E-state index < -0.39 is 5.97 Å². The molecule has 0 spiro atoms. The molecule has 4 heteroatoms. The molecule has 0 aromatic carbocycles. The normalized spacial score (nSPS) is 10.3. The lowest BCUT2D eigenvalue weighted by Gasteiger charge is -2.07. The van der Waals surface area contributed by atoms with E-state index in [1.807, 2.05) is 13.8 Å². The Morgan fingerprint density at radius 3 is 2.93 bits per heavy atom. The first-order valence-corrected chi connectivity index (χ1v) is 4.76. The van der Waals surface area contributed by atoms with E-state index in [1.165, 1.54) is 6.20 Å². The maximum Gasteiger partial charge on any atom is 0.341 e. The largest absolute Gasteiger partial charge is 0.462 e.